The predicted molar refractivity (Wildman–Crippen MR) is 97.6 cm³/mol. The van der Waals surface area contributed by atoms with Gasteiger partial charge in [-0.1, -0.05) is 6.92 Å². The number of hydrogen-bond donors (Lipinski definition) is 1. The van der Waals surface area contributed by atoms with Crippen LogP contribution in [-0.4, -0.2) is 56.1 Å². The molecule has 136 valence electrons. The number of benzene rings is 1. The molecule has 6 nitrogen and oxygen atoms in total. The van der Waals surface area contributed by atoms with E-state index in [0.717, 1.165) is 44.1 Å². The van der Waals surface area contributed by atoms with E-state index in [1.807, 2.05) is 31.2 Å². The third kappa shape index (κ3) is 4.51. The fourth-order valence-electron chi connectivity index (χ4n) is 3.20. The van der Waals surface area contributed by atoms with E-state index in [1.54, 1.807) is 4.90 Å². The first-order valence-electron chi connectivity index (χ1n) is 9.10. The van der Waals surface area contributed by atoms with Crippen LogP contribution >= 0.6 is 0 Å². The van der Waals surface area contributed by atoms with E-state index < -0.39 is 0 Å². The topological polar surface area (TPSA) is 61.9 Å². The van der Waals surface area contributed by atoms with Gasteiger partial charge in [0.1, 0.15) is 0 Å². The van der Waals surface area contributed by atoms with Gasteiger partial charge >= 0.3 is 0 Å². The van der Waals surface area contributed by atoms with E-state index in [-0.39, 0.29) is 24.3 Å². The minimum atomic E-state index is -0.150. The predicted octanol–water partition coefficient (Wildman–Crippen LogP) is 1.97. The highest BCUT2D eigenvalue weighted by atomic mass is 16.5. The van der Waals surface area contributed by atoms with Gasteiger partial charge in [-0.05, 0) is 43.5 Å². The highest BCUT2D eigenvalue weighted by Crippen LogP contribution is 2.39. The smallest absolute Gasteiger partial charge is 0.243 e. The lowest BCUT2D eigenvalue weighted by atomic mass is 10.2. The van der Waals surface area contributed by atoms with Gasteiger partial charge in [0.15, 0.2) is 0 Å². The van der Waals surface area contributed by atoms with Crippen molar-refractivity contribution < 1.29 is 14.3 Å². The highest BCUT2D eigenvalue weighted by Gasteiger charge is 2.41. The van der Waals surface area contributed by atoms with Crippen LogP contribution in [0.1, 0.15) is 20.3 Å². The summed E-state index contributed by atoms with van der Waals surface area (Å²) in [5.74, 6) is 0.522. The van der Waals surface area contributed by atoms with Crippen LogP contribution in [0, 0.1) is 11.8 Å². The Morgan fingerprint density at radius 2 is 1.88 bits per heavy atom. The molecule has 1 aromatic carbocycles. The maximum atomic E-state index is 12.3. The molecule has 2 aliphatic rings. The quantitative estimate of drug-likeness (QED) is 0.856. The summed E-state index contributed by atoms with van der Waals surface area (Å²) in [6, 6.07) is 7.83. The van der Waals surface area contributed by atoms with Crippen LogP contribution in [0.2, 0.25) is 0 Å². The maximum Gasteiger partial charge on any atom is 0.243 e. The normalized spacial score (nSPS) is 22.4. The summed E-state index contributed by atoms with van der Waals surface area (Å²) in [6.45, 7) is 7.94. The number of nitrogens with zero attached hydrogens (tertiary/aromatic N) is 2. The molecule has 3 rings (SSSR count). The molecule has 2 fully saturated rings. The van der Waals surface area contributed by atoms with E-state index in [1.165, 1.54) is 0 Å². The number of nitrogens with one attached hydrogen (secondary N) is 1. The second-order valence-electron chi connectivity index (χ2n) is 6.87. The third-order valence-corrected chi connectivity index (χ3v) is 4.98. The third-order valence-electron chi connectivity index (χ3n) is 4.98. The van der Waals surface area contributed by atoms with Crippen molar-refractivity contribution in [1.29, 1.82) is 0 Å². The first kappa shape index (κ1) is 17.7. The van der Waals surface area contributed by atoms with Crippen molar-refractivity contribution in [3.63, 3.8) is 0 Å². The molecule has 1 aliphatic heterocycles. The Morgan fingerprint density at radius 3 is 2.44 bits per heavy atom. The van der Waals surface area contributed by atoms with E-state index in [9.17, 15) is 9.59 Å². The van der Waals surface area contributed by atoms with E-state index in [0.29, 0.717) is 12.5 Å². The Kier molecular flexibility index (Phi) is 5.58. The maximum absolute atomic E-state index is 12.3. The van der Waals surface area contributed by atoms with Crippen molar-refractivity contribution in [2.75, 3.05) is 49.6 Å². The highest BCUT2D eigenvalue weighted by molar-refractivity contribution is 5.95. The summed E-state index contributed by atoms with van der Waals surface area (Å²) in [5.41, 5.74) is 1.89. The molecule has 25 heavy (non-hydrogen) atoms. The molecule has 1 heterocycles. The lowest BCUT2D eigenvalue weighted by Gasteiger charge is -2.29. The van der Waals surface area contributed by atoms with Crippen LogP contribution in [0.3, 0.4) is 0 Å². The number of anilines is 2. The zero-order valence-electron chi connectivity index (χ0n) is 15.0. The molecule has 1 saturated heterocycles. The molecule has 0 aromatic heterocycles. The van der Waals surface area contributed by atoms with Gasteiger partial charge in [0.2, 0.25) is 11.8 Å². The molecule has 1 aliphatic carbocycles. The van der Waals surface area contributed by atoms with Crippen molar-refractivity contribution in [3.8, 4) is 0 Å². The van der Waals surface area contributed by atoms with Crippen molar-refractivity contribution in [2.45, 2.75) is 20.3 Å². The van der Waals surface area contributed by atoms with Crippen molar-refractivity contribution in [1.82, 2.24) is 4.90 Å². The number of carbonyl (C=O) groups is 2. The van der Waals surface area contributed by atoms with E-state index >= 15 is 0 Å². The number of hydrogen-bond acceptors (Lipinski definition) is 4. The van der Waals surface area contributed by atoms with E-state index in [2.05, 4.69) is 17.1 Å². The summed E-state index contributed by atoms with van der Waals surface area (Å²) in [7, 11) is 0. The minimum Gasteiger partial charge on any atom is -0.378 e. The van der Waals surface area contributed by atoms with Crippen molar-refractivity contribution in [2.24, 2.45) is 11.8 Å². The van der Waals surface area contributed by atoms with Crippen LogP contribution in [0.4, 0.5) is 11.4 Å². The lowest BCUT2D eigenvalue weighted by molar-refractivity contribution is -0.135. The number of amides is 2. The molecule has 2 amide bonds. The van der Waals surface area contributed by atoms with Gasteiger partial charge in [-0.3, -0.25) is 9.59 Å². The number of carbonyl (C=O) groups excluding carboxylic acids is 2. The largest absolute Gasteiger partial charge is 0.378 e. The van der Waals surface area contributed by atoms with Crippen LogP contribution in [-0.2, 0) is 14.3 Å². The summed E-state index contributed by atoms with van der Waals surface area (Å²) >= 11 is 0. The molecule has 2 unspecified atom stereocenters. The fraction of sp³-hybridized carbons (Fsp3) is 0.579. The summed E-state index contributed by atoms with van der Waals surface area (Å²) in [6.07, 6.45) is 0.944. The second-order valence-corrected chi connectivity index (χ2v) is 6.87. The molecule has 6 heteroatoms. The molecule has 0 spiro atoms. The van der Waals surface area contributed by atoms with Crippen LogP contribution in [0.15, 0.2) is 24.3 Å². The molecule has 2 atom stereocenters. The molecular formula is C19H27N3O3. The number of likely N-dealkylation sites (N-methyl/N-ethyl adjacent to an activating group) is 1. The zero-order chi connectivity index (χ0) is 17.8. The van der Waals surface area contributed by atoms with Gasteiger partial charge in [0.25, 0.3) is 0 Å². The Morgan fingerprint density at radius 1 is 1.24 bits per heavy atom. The Bertz CT molecular complexity index is 611. The Hall–Kier alpha value is -2.08. The van der Waals surface area contributed by atoms with Gasteiger partial charge in [-0.2, -0.15) is 0 Å². The first-order valence-corrected chi connectivity index (χ1v) is 9.10. The fourth-order valence-corrected chi connectivity index (χ4v) is 3.20. The second kappa shape index (κ2) is 7.87. The van der Waals surface area contributed by atoms with Crippen LogP contribution in [0.5, 0.6) is 0 Å². The van der Waals surface area contributed by atoms with Crippen LogP contribution in [0.25, 0.3) is 0 Å². The SMILES string of the molecule is CCN(CC(=O)Nc1ccc(N2CCOCC2)cc1)C(=O)C1CC1C. The monoisotopic (exact) mass is 345 g/mol. The Balaban J connectivity index is 1.52. The average molecular weight is 345 g/mol. The van der Waals surface area contributed by atoms with Gasteiger partial charge in [-0.25, -0.2) is 0 Å². The molecule has 1 aromatic rings. The number of ether oxygens (including phenoxy) is 1. The standard InChI is InChI=1S/C19H27N3O3/c1-3-21(19(24)17-12-14(17)2)13-18(23)20-15-4-6-16(7-5-15)22-8-10-25-11-9-22/h4-7,14,17H,3,8-13H2,1-2H3,(H,20,23). The molecule has 1 saturated carbocycles. The molecular weight excluding hydrogens is 318 g/mol. The average Bonchev–Trinajstić information content (AvgIpc) is 3.37. The molecule has 0 bridgehead atoms. The summed E-state index contributed by atoms with van der Waals surface area (Å²) in [4.78, 5) is 28.5. The van der Waals surface area contributed by atoms with E-state index in [4.69, 9.17) is 4.74 Å². The zero-order valence-corrected chi connectivity index (χ0v) is 15.0. The number of morpholine rings is 1. The summed E-state index contributed by atoms with van der Waals surface area (Å²) < 4.78 is 5.36. The van der Waals surface area contributed by atoms with Gasteiger partial charge in [0, 0.05) is 36.9 Å². The molecule has 0 radical (unpaired) electrons. The molecule has 1 N–H and O–H groups in total. The van der Waals surface area contributed by atoms with Gasteiger partial charge in [0.05, 0.1) is 19.8 Å². The minimum absolute atomic E-state index is 0.104. The first-order chi connectivity index (χ1) is 12.1. The van der Waals surface area contributed by atoms with Crippen molar-refractivity contribution >= 4 is 23.2 Å². The van der Waals surface area contributed by atoms with Gasteiger partial charge < -0.3 is 19.9 Å². The number of rotatable bonds is 6. The summed E-state index contributed by atoms with van der Waals surface area (Å²) in [5, 5.41) is 2.89. The Labute approximate surface area is 149 Å². The van der Waals surface area contributed by atoms with Crippen LogP contribution < -0.4 is 10.2 Å². The lowest BCUT2D eigenvalue weighted by Crippen LogP contribution is -2.39. The van der Waals surface area contributed by atoms with Gasteiger partial charge in [-0.15, -0.1) is 0 Å². The van der Waals surface area contributed by atoms with Crippen molar-refractivity contribution in [3.05, 3.63) is 24.3 Å².